The lowest BCUT2D eigenvalue weighted by molar-refractivity contribution is -0.122. The zero-order valence-corrected chi connectivity index (χ0v) is 24.1. The van der Waals surface area contributed by atoms with Crippen LogP contribution < -0.4 is 20.3 Å². The van der Waals surface area contributed by atoms with E-state index in [-0.39, 0.29) is 17.6 Å². The number of anilines is 1. The molecule has 1 aromatic carbocycles. The van der Waals surface area contributed by atoms with Gasteiger partial charge in [-0.25, -0.2) is 4.98 Å². The van der Waals surface area contributed by atoms with E-state index in [0.717, 1.165) is 12.0 Å². The number of nitrogens with one attached hydrogen (secondary N) is 1. The van der Waals surface area contributed by atoms with E-state index in [4.69, 9.17) is 26.4 Å². The van der Waals surface area contributed by atoms with Crippen molar-refractivity contribution < 1.29 is 19.0 Å². The summed E-state index contributed by atoms with van der Waals surface area (Å²) in [5.74, 6) is 1.45. The number of fused-ring (bicyclic) bond motifs is 1. The van der Waals surface area contributed by atoms with Crippen LogP contribution in [0, 0.1) is 0 Å². The van der Waals surface area contributed by atoms with Crippen molar-refractivity contribution in [1.29, 1.82) is 0 Å². The zero-order chi connectivity index (χ0) is 27.9. The third-order valence-corrected chi connectivity index (χ3v) is 7.43. The van der Waals surface area contributed by atoms with E-state index >= 15 is 0 Å². The Hall–Kier alpha value is -3.41. The van der Waals surface area contributed by atoms with E-state index < -0.39 is 0 Å². The van der Waals surface area contributed by atoms with Crippen molar-refractivity contribution in [2.45, 2.75) is 32.8 Å². The van der Waals surface area contributed by atoms with Gasteiger partial charge >= 0.3 is 0 Å². The molecule has 2 aromatic heterocycles. The lowest BCUT2D eigenvalue weighted by Crippen LogP contribution is -2.30. The minimum atomic E-state index is -0.267. The predicted molar refractivity (Wildman–Crippen MR) is 159 cm³/mol. The first-order valence-electron chi connectivity index (χ1n) is 12.7. The van der Waals surface area contributed by atoms with Crippen LogP contribution in [-0.4, -0.2) is 64.5 Å². The lowest BCUT2D eigenvalue weighted by Gasteiger charge is -2.15. The summed E-state index contributed by atoms with van der Waals surface area (Å²) in [6.45, 7) is 5.52. The SMILES string of the molecule is COc1ccc(CCN2C(=O)C(=Cc3c(NCCCOC(C)C)nc4ccccn4c3=O)SC2=S)cc1OC. The van der Waals surface area contributed by atoms with E-state index in [1.807, 2.05) is 38.1 Å². The summed E-state index contributed by atoms with van der Waals surface area (Å²) in [4.78, 5) is 33.4. The van der Waals surface area contributed by atoms with Gasteiger partial charge in [0, 0.05) is 25.9 Å². The van der Waals surface area contributed by atoms with Gasteiger partial charge < -0.3 is 19.5 Å². The van der Waals surface area contributed by atoms with Crippen LogP contribution in [0.25, 0.3) is 11.7 Å². The topological polar surface area (TPSA) is 94.4 Å². The van der Waals surface area contributed by atoms with Crippen LogP contribution in [0.1, 0.15) is 31.4 Å². The summed E-state index contributed by atoms with van der Waals surface area (Å²) < 4.78 is 18.2. The molecule has 0 bridgehead atoms. The molecule has 206 valence electrons. The first kappa shape index (κ1) is 28.6. The second-order valence-electron chi connectivity index (χ2n) is 9.08. The Bertz CT molecular complexity index is 1450. The zero-order valence-electron chi connectivity index (χ0n) is 22.4. The van der Waals surface area contributed by atoms with Crippen molar-refractivity contribution in [2.75, 3.05) is 39.2 Å². The number of amides is 1. The minimum absolute atomic E-state index is 0.151. The summed E-state index contributed by atoms with van der Waals surface area (Å²) in [7, 11) is 3.17. The summed E-state index contributed by atoms with van der Waals surface area (Å²) in [6.07, 6.45) is 4.73. The molecule has 3 heterocycles. The van der Waals surface area contributed by atoms with E-state index in [0.29, 0.717) is 63.9 Å². The average Bonchev–Trinajstić information content (AvgIpc) is 3.20. The number of hydrogen-bond acceptors (Lipinski definition) is 9. The number of methoxy groups -OCH3 is 2. The highest BCUT2D eigenvalue weighted by Gasteiger charge is 2.32. The van der Waals surface area contributed by atoms with Gasteiger partial charge in [0.05, 0.1) is 30.8 Å². The van der Waals surface area contributed by atoms with Crippen LogP contribution in [0.5, 0.6) is 11.5 Å². The number of carbonyl (C=O) groups is 1. The van der Waals surface area contributed by atoms with Gasteiger partial charge in [-0.1, -0.05) is 36.1 Å². The number of aromatic nitrogens is 2. The van der Waals surface area contributed by atoms with Gasteiger partial charge in [-0.05, 0) is 62.6 Å². The van der Waals surface area contributed by atoms with Gasteiger partial charge in [-0.3, -0.25) is 18.9 Å². The summed E-state index contributed by atoms with van der Waals surface area (Å²) >= 11 is 6.72. The summed E-state index contributed by atoms with van der Waals surface area (Å²) in [6, 6.07) is 11.0. The molecular weight excluding hydrogens is 536 g/mol. The molecule has 0 saturated carbocycles. The van der Waals surface area contributed by atoms with Gasteiger partial charge in [0.1, 0.15) is 15.8 Å². The molecule has 11 heteroatoms. The number of benzene rings is 1. The Kier molecular flexibility index (Phi) is 9.60. The molecule has 1 aliphatic heterocycles. The monoisotopic (exact) mass is 568 g/mol. The number of rotatable bonds is 12. The number of thiocarbonyl (C=S) groups is 1. The Morgan fingerprint density at radius 2 is 1.92 bits per heavy atom. The van der Waals surface area contributed by atoms with Crippen LogP contribution in [0.3, 0.4) is 0 Å². The molecule has 0 radical (unpaired) electrons. The highest BCUT2D eigenvalue weighted by Crippen LogP contribution is 2.34. The van der Waals surface area contributed by atoms with Crippen molar-refractivity contribution in [3.05, 3.63) is 69.0 Å². The molecule has 1 amide bonds. The fraction of sp³-hybridized carbons (Fsp3) is 0.357. The van der Waals surface area contributed by atoms with Crippen LogP contribution in [0.4, 0.5) is 5.82 Å². The highest BCUT2D eigenvalue weighted by atomic mass is 32.2. The Morgan fingerprint density at radius 1 is 1.13 bits per heavy atom. The normalized spacial score (nSPS) is 14.6. The maximum atomic E-state index is 13.4. The molecule has 39 heavy (non-hydrogen) atoms. The number of thioether (sulfide) groups is 1. The summed E-state index contributed by atoms with van der Waals surface area (Å²) in [5, 5.41) is 3.26. The molecular formula is C28H32N4O5S2. The van der Waals surface area contributed by atoms with Gasteiger partial charge in [-0.2, -0.15) is 0 Å². The molecule has 0 spiro atoms. The number of ether oxygens (including phenoxy) is 3. The van der Waals surface area contributed by atoms with Crippen molar-refractivity contribution in [1.82, 2.24) is 14.3 Å². The quantitative estimate of drug-likeness (QED) is 0.194. The molecule has 0 aliphatic carbocycles. The van der Waals surface area contributed by atoms with Crippen LogP contribution in [-0.2, 0) is 16.0 Å². The van der Waals surface area contributed by atoms with Gasteiger partial charge in [0.2, 0.25) is 0 Å². The maximum Gasteiger partial charge on any atom is 0.267 e. The molecule has 3 aromatic rings. The largest absolute Gasteiger partial charge is 0.493 e. The lowest BCUT2D eigenvalue weighted by atomic mass is 10.1. The van der Waals surface area contributed by atoms with Crippen molar-refractivity contribution in [3.8, 4) is 11.5 Å². The fourth-order valence-electron chi connectivity index (χ4n) is 4.07. The van der Waals surface area contributed by atoms with Crippen molar-refractivity contribution in [2.24, 2.45) is 0 Å². The van der Waals surface area contributed by atoms with Crippen LogP contribution >= 0.6 is 24.0 Å². The van der Waals surface area contributed by atoms with E-state index in [2.05, 4.69) is 10.3 Å². The molecule has 1 fully saturated rings. The third kappa shape index (κ3) is 6.78. The van der Waals surface area contributed by atoms with Crippen molar-refractivity contribution >= 4 is 51.7 Å². The number of carbonyl (C=O) groups excluding carboxylic acids is 1. The maximum absolute atomic E-state index is 13.4. The van der Waals surface area contributed by atoms with Gasteiger partial charge in [0.25, 0.3) is 11.5 Å². The Morgan fingerprint density at radius 3 is 2.67 bits per heavy atom. The van der Waals surface area contributed by atoms with Crippen molar-refractivity contribution in [3.63, 3.8) is 0 Å². The Balaban J connectivity index is 1.55. The highest BCUT2D eigenvalue weighted by molar-refractivity contribution is 8.26. The number of nitrogens with zero attached hydrogens (tertiary/aromatic N) is 3. The molecule has 9 nitrogen and oxygen atoms in total. The minimum Gasteiger partial charge on any atom is -0.493 e. The molecule has 1 N–H and O–H groups in total. The Labute approximate surface area is 237 Å². The van der Waals surface area contributed by atoms with E-state index in [9.17, 15) is 9.59 Å². The molecule has 0 atom stereocenters. The standard InChI is InChI=1S/C28H32N4O5S2/c1-18(2)37-15-7-12-29-25-20(26(33)31-13-6-5-8-24(31)30-25)17-23-27(34)32(28(38)39-23)14-11-19-9-10-21(35-3)22(16-19)36-4/h5-6,8-10,13,16-18,29H,7,11-12,14-15H2,1-4H3. The molecule has 4 rings (SSSR count). The summed E-state index contributed by atoms with van der Waals surface area (Å²) in [5.41, 5.74) is 1.54. The smallest absolute Gasteiger partial charge is 0.267 e. The predicted octanol–water partition coefficient (Wildman–Crippen LogP) is 4.38. The average molecular weight is 569 g/mol. The second-order valence-corrected chi connectivity index (χ2v) is 10.8. The second kappa shape index (κ2) is 13.1. The van der Waals surface area contributed by atoms with Gasteiger partial charge in [-0.15, -0.1) is 0 Å². The van der Waals surface area contributed by atoms with E-state index in [1.54, 1.807) is 43.5 Å². The molecule has 1 saturated heterocycles. The number of pyridine rings is 1. The third-order valence-electron chi connectivity index (χ3n) is 6.05. The van der Waals surface area contributed by atoms with Crippen LogP contribution in [0.2, 0.25) is 0 Å². The van der Waals surface area contributed by atoms with E-state index in [1.165, 1.54) is 16.2 Å². The molecule has 0 unspecified atom stereocenters. The molecule has 1 aliphatic rings. The number of hydrogen-bond donors (Lipinski definition) is 1. The first-order chi connectivity index (χ1) is 18.8. The fourth-order valence-corrected chi connectivity index (χ4v) is 5.36. The van der Waals surface area contributed by atoms with Gasteiger partial charge in [0.15, 0.2) is 11.5 Å². The van der Waals surface area contributed by atoms with Crippen LogP contribution in [0.15, 0.2) is 52.3 Å². The first-order valence-corrected chi connectivity index (χ1v) is 13.9.